The molecule has 8 nitrogen and oxygen atoms in total. The zero-order chi connectivity index (χ0) is 24.7. The topological polar surface area (TPSA) is 126 Å². The number of methoxy groups -OCH3 is 1. The largest absolute Gasteiger partial charge is 0.497 e. The fraction of sp³-hybridized carbons (Fsp3) is 0.500. The summed E-state index contributed by atoms with van der Waals surface area (Å²) in [5.41, 5.74) is 2.83. The Labute approximate surface area is 199 Å². The third-order valence-corrected chi connectivity index (χ3v) is 6.21. The molecule has 1 saturated heterocycles. The number of aliphatic hydroxyl groups excluding tert-OH is 4. The molecule has 1 aliphatic heterocycles. The van der Waals surface area contributed by atoms with Gasteiger partial charge in [-0.2, -0.15) is 0 Å². The Kier molecular flexibility index (Phi) is 9.44. The lowest BCUT2D eigenvalue weighted by molar-refractivity contribution is -0.291. The summed E-state index contributed by atoms with van der Waals surface area (Å²) in [6, 6.07) is 15.4. The van der Waals surface area contributed by atoms with Gasteiger partial charge in [-0.05, 0) is 41.7 Å². The average molecular weight is 475 g/mol. The Morgan fingerprint density at radius 2 is 1.76 bits per heavy atom. The predicted molar refractivity (Wildman–Crippen MR) is 124 cm³/mol. The molecule has 1 aliphatic rings. The fourth-order valence-electron chi connectivity index (χ4n) is 4.22. The molecule has 3 rings (SSSR count). The van der Waals surface area contributed by atoms with Gasteiger partial charge < -0.3 is 34.6 Å². The molecule has 8 heteroatoms. The number of carbonyl (C=O) groups is 1. The van der Waals surface area contributed by atoms with Gasteiger partial charge in [0, 0.05) is 0 Å². The molecule has 1 unspecified atom stereocenters. The van der Waals surface area contributed by atoms with Crippen LogP contribution in [0.4, 0.5) is 0 Å². The lowest BCUT2D eigenvalue weighted by Gasteiger charge is -2.39. The number of hydrogen-bond donors (Lipinski definition) is 4. The highest BCUT2D eigenvalue weighted by Gasteiger charge is 2.46. The van der Waals surface area contributed by atoms with Crippen molar-refractivity contribution in [3.8, 4) is 5.75 Å². The monoisotopic (exact) mass is 474 g/mol. The molecule has 0 amide bonds. The van der Waals surface area contributed by atoms with E-state index in [4.69, 9.17) is 14.2 Å². The van der Waals surface area contributed by atoms with Crippen molar-refractivity contribution in [2.24, 2.45) is 0 Å². The second-order valence-corrected chi connectivity index (χ2v) is 8.55. The van der Waals surface area contributed by atoms with E-state index in [-0.39, 0.29) is 0 Å². The van der Waals surface area contributed by atoms with E-state index in [2.05, 4.69) is 0 Å². The summed E-state index contributed by atoms with van der Waals surface area (Å²) in [5, 5.41) is 40.0. The van der Waals surface area contributed by atoms with Gasteiger partial charge in [0.15, 0.2) is 12.4 Å². The number of aliphatic hydroxyl groups is 4. The van der Waals surface area contributed by atoms with Crippen molar-refractivity contribution in [1.82, 2.24) is 0 Å². The molecule has 6 atom stereocenters. The summed E-state index contributed by atoms with van der Waals surface area (Å²) in [5.74, 6) is -0.475. The van der Waals surface area contributed by atoms with E-state index < -0.39 is 49.2 Å². The minimum atomic E-state index is -1.67. The second-order valence-electron chi connectivity index (χ2n) is 8.55. The first-order chi connectivity index (χ1) is 16.4. The molecule has 0 aromatic heterocycles. The number of hydrogen-bond acceptors (Lipinski definition) is 8. The Balaban J connectivity index is 1.83. The molecule has 0 spiro atoms. The summed E-state index contributed by atoms with van der Waals surface area (Å²) < 4.78 is 15.9. The van der Waals surface area contributed by atoms with E-state index in [1.165, 1.54) is 0 Å². The molecule has 186 valence electrons. The zero-order valence-corrected chi connectivity index (χ0v) is 19.5. The van der Waals surface area contributed by atoms with Gasteiger partial charge in [-0.3, -0.25) is 4.79 Å². The van der Waals surface area contributed by atoms with Crippen LogP contribution >= 0.6 is 0 Å². The van der Waals surface area contributed by atoms with Crippen LogP contribution in [-0.2, 0) is 20.7 Å². The number of unbranched alkanes of at least 4 members (excludes halogenated alkanes) is 1. The lowest BCUT2D eigenvalue weighted by atomic mass is 9.87. The number of esters is 1. The Hall–Kier alpha value is -2.49. The van der Waals surface area contributed by atoms with Gasteiger partial charge in [0.05, 0.1) is 19.6 Å². The highest BCUT2D eigenvalue weighted by atomic mass is 16.7. The van der Waals surface area contributed by atoms with Crippen molar-refractivity contribution in [2.75, 3.05) is 13.7 Å². The van der Waals surface area contributed by atoms with E-state index in [0.29, 0.717) is 12.8 Å². The maximum atomic E-state index is 13.3. The number of benzene rings is 2. The van der Waals surface area contributed by atoms with Crippen molar-refractivity contribution in [2.45, 2.75) is 69.2 Å². The van der Waals surface area contributed by atoms with Gasteiger partial charge in [0.25, 0.3) is 0 Å². The predicted octanol–water partition coefficient (Wildman–Crippen LogP) is 1.90. The van der Waals surface area contributed by atoms with Crippen molar-refractivity contribution in [3.63, 3.8) is 0 Å². The van der Waals surface area contributed by atoms with Crippen LogP contribution in [0.15, 0.2) is 48.5 Å². The fourth-order valence-corrected chi connectivity index (χ4v) is 4.22. The number of carbonyl (C=O) groups excluding carboxylic acids is 1. The SMILES string of the molecule is CCCCC(C(=O)O[C@@H]1[C@@H](O)[C@H](O)[C@@H](CO)O[C@H]1O)c1ccccc1Cc1ccc(OC)cc1. The molecule has 4 N–H and O–H groups in total. The third-order valence-electron chi connectivity index (χ3n) is 6.21. The van der Waals surface area contributed by atoms with Gasteiger partial charge in [-0.25, -0.2) is 0 Å². The van der Waals surface area contributed by atoms with Crippen molar-refractivity contribution >= 4 is 5.97 Å². The molecule has 0 bridgehead atoms. The Morgan fingerprint density at radius 1 is 1.06 bits per heavy atom. The van der Waals surface area contributed by atoms with E-state index in [0.717, 1.165) is 35.3 Å². The summed E-state index contributed by atoms with van der Waals surface area (Å²) in [6.45, 7) is 1.44. The van der Waals surface area contributed by atoms with E-state index in [1.807, 2.05) is 55.5 Å². The van der Waals surface area contributed by atoms with E-state index in [1.54, 1.807) is 7.11 Å². The summed E-state index contributed by atoms with van der Waals surface area (Å²) in [6.07, 6.45) is -4.61. The molecular formula is C26H34O8. The van der Waals surface area contributed by atoms with E-state index >= 15 is 0 Å². The van der Waals surface area contributed by atoms with Crippen LogP contribution in [0.25, 0.3) is 0 Å². The minimum Gasteiger partial charge on any atom is -0.497 e. The standard InChI is InChI=1S/C26H34O8/c1-3-4-8-20(25(30)34-24-23(29)22(28)21(15-27)33-26(24)31)19-9-6-5-7-17(19)14-16-10-12-18(32-2)13-11-16/h5-7,9-13,20-24,26-29,31H,3-4,8,14-15H2,1-2H3/t20?,21-,22-,23+,24-,26-/m1/s1. The van der Waals surface area contributed by atoms with Crippen LogP contribution in [-0.4, -0.2) is 70.8 Å². The molecule has 0 aliphatic carbocycles. The van der Waals surface area contributed by atoms with Crippen LogP contribution in [0.1, 0.15) is 48.8 Å². The van der Waals surface area contributed by atoms with E-state index in [9.17, 15) is 25.2 Å². The van der Waals surface area contributed by atoms with Crippen molar-refractivity contribution in [3.05, 3.63) is 65.2 Å². The molecule has 2 aromatic rings. The smallest absolute Gasteiger partial charge is 0.313 e. The van der Waals surface area contributed by atoms with Crippen LogP contribution in [0.5, 0.6) is 5.75 Å². The first kappa shape index (κ1) is 26.1. The summed E-state index contributed by atoms with van der Waals surface area (Å²) >= 11 is 0. The molecular weight excluding hydrogens is 440 g/mol. The highest BCUT2D eigenvalue weighted by Crippen LogP contribution is 2.31. The zero-order valence-electron chi connectivity index (χ0n) is 19.5. The van der Waals surface area contributed by atoms with Crippen LogP contribution in [0.2, 0.25) is 0 Å². The summed E-state index contributed by atoms with van der Waals surface area (Å²) in [4.78, 5) is 13.3. The van der Waals surface area contributed by atoms with Crippen molar-refractivity contribution in [1.29, 1.82) is 0 Å². The first-order valence-corrected chi connectivity index (χ1v) is 11.6. The molecule has 1 heterocycles. The molecule has 0 saturated carbocycles. The maximum Gasteiger partial charge on any atom is 0.313 e. The number of ether oxygens (including phenoxy) is 3. The number of rotatable bonds is 10. The molecule has 0 radical (unpaired) electrons. The van der Waals surface area contributed by atoms with Crippen LogP contribution in [0, 0.1) is 0 Å². The molecule has 34 heavy (non-hydrogen) atoms. The summed E-state index contributed by atoms with van der Waals surface area (Å²) in [7, 11) is 1.61. The normalized spacial score (nSPS) is 25.5. The first-order valence-electron chi connectivity index (χ1n) is 11.6. The second kappa shape index (κ2) is 12.3. The maximum absolute atomic E-state index is 13.3. The van der Waals surface area contributed by atoms with Crippen LogP contribution < -0.4 is 4.74 Å². The van der Waals surface area contributed by atoms with Crippen molar-refractivity contribution < 1.29 is 39.4 Å². The average Bonchev–Trinajstić information content (AvgIpc) is 2.85. The van der Waals surface area contributed by atoms with Gasteiger partial charge >= 0.3 is 5.97 Å². The molecule has 1 fully saturated rings. The third kappa shape index (κ3) is 6.14. The van der Waals surface area contributed by atoms with Crippen LogP contribution in [0.3, 0.4) is 0 Å². The lowest BCUT2D eigenvalue weighted by Crippen LogP contribution is -2.59. The van der Waals surface area contributed by atoms with Gasteiger partial charge in [-0.15, -0.1) is 0 Å². The highest BCUT2D eigenvalue weighted by molar-refractivity contribution is 5.79. The molecule has 2 aromatic carbocycles. The van der Waals surface area contributed by atoms with Gasteiger partial charge in [0.1, 0.15) is 24.1 Å². The Morgan fingerprint density at radius 3 is 2.41 bits per heavy atom. The Bertz CT molecular complexity index is 915. The van der Waals surface area contributed by atoms with Gasteiger partial charge in [0.2, 0.25) is 0 Å². The quantitative estimate of drug-likeness (QED) is 0.385. The van der Waals surface area contributed by atoms with Gasteiger partial charge in [-0.1, -0.05) is 56.2 Å². The minimum absolute atomic E-state index is 0.524.